The molecule has 85 heavy (non-hydrogen) atoms. The maximum absolute atomic E-state index is 13.3. The molecule has 0 aliphatic carbocycles. The molecule has 0 aromatic rings. The molecule has 19 nitrogen and oxygen atoms in total. The Morgan fingerprint density at radius 1 is 0.435 bits per heavy atom. The highest BCUT2D eigenvalue weighted by Crippen LogP contribution is 2.33. The molecule has 0 saturated carbocycles. The van der Waals surface area contributed by atoms with E-state index in [-0.39, 0.29) is 18.9 Å². The van der Waals surface area contributed by atoms with Crippen LogP contribution in [0.3, 0.4) is 0 Å². The summed E-state index contributed by atoms with van der Waals surface area (Å²) in [5.41, 5.74) is 0. The van der Waals surface area contributed by atoms with Crippen molar-refractivity contribution in [3.63, 3.8) is 0 Å². The Kier molecular flexibility index (Phi) is 42.6. The first-order valence-electron chi connectivity index (χ1n) is 32.0. The highest BCUT2D eigenvalue weighted by atomic mass is 16.8. The maximum Gasteiger partial charge on any atom is 0.220 e. The molecule has 17 unspecified atom stereocenters. The van der Waals surface area contributed by atoms with Crippen LogP contribution in [0.4, 0.5) is 0 Å². The Morgan fingerprint density at radius 2 is 0.812 bits per heavy atom. The van der Waals surface area contributed by atoms with Gasteiger partial charge in [-0.25, -0.2) is 0 Å². The van der Waals surface area contributed by atoms with Crippen LogP contribution in [0.1, 0.15) is 181 Å². The highest BCUT2D eigenvalue weighted by molar-refractivity contribution is 5.76. The van der Waals surface area contributed by atoms with Crippen LogP contribution in [0.15, 0.2) is 97.2 Å². The standard InChI is InChI=1S/C66H111NO18/c1-3-5-7-9-11-13-15-17-19-21-22-23-24-25-26-28-30-32-34-36-38-40-42-44-54(72)67-49(50(71)43-41-39-37-35-33-31-29-27-20-18-16-14-12-10-8-6-4-2)48-80-64-60(78)57(75)62(52(46-69)82-64)85-66-61(79)58(76)63(53(47-70)83-66)84-65-59(77)56(74)55(73)51(45-68)81-65/h5,7,11,13,17,19,22-23,25-26,30,32,36,38,41,43,49-53,55-66,68-71,73-79H,3-4,6,8-10,12,14-16,18,20-21,24,27-29,31,33-35,37,39-40,42,44-48H2,1-2H3,(H,67,72)/b7-5-,13-11-,19-17-,23-22-,26-25-,32-30-,38-36-,43-41+. The predicted molar refractivity (Wildman–Crippen MR) is 327 cm³/mol. The van der Waals surface area contributed by atoms with Gasteiger partial charge in [0.1, 0.15) is 73.2 Å². The van der Waals surface area contributed by atoms with Gasteiger partial charge in [-0.2, -0.15) is 0 Å². The highest BCUT2D eigenvalue weighted by Gasteiger charge is 2.53. The zero-order chi connectivity index (χ0) is 61.9. The third-order valence-electron chi connectivity index (χ3n) is 15.4. The van der Waals surface area contributed by atoms with E-state index in [0.717, 1.165) is 70.6 Å². The van der Waals surface area contributed by atoms with E-state index < -0.39 is 124 Å². The molecule has 3 aliphatic heterocycles. The quantitative estimate of drug-likeness (QED) is 0.0217. The first-order chi connectivity index (χ1) is 41.3. The topological polar surface area (TPSA) is 307 Å². The van der Waals surface area contributed by atoms with Gasteiger partial charge in [-0.05, 0) is 70.6 Å². The van der Waals surface area contributed by atoms with E-state index in [1.54, 1.807) is 6.08 Å². The normalized spacial score (nSPS) is 29.6. The molecular weight excluding hydrogens is 1090 g/mol. The van der Waals surface area contributed by atoms with Crippen molar-refractivity contribution >= 4 is 5.91 Å². The Hall–Kier alpha value is -3.29. The first kappa shape index (κ1) is 76.0. The van der Waals surface area contributed by atoms with Crippen LogP contribution in [0, 0.1) is 0 Å². The molecule has 3 saturated heterocycles. The Labute approximate surface area is 507 Å². The number of aliphatic hydroxyl groups excluding tert-OH is 11. The number of hydrogen-bond acceptors (Lipinski definition) is 18. The summed E-state index contributed by atoms with van der Waals surface area (Å²) in [5, 5.41) is 120. The average molecular weight is 1210 g/mol. The van der Waals surface area contributed by atoms with E-state index in [1.807, 2.05) is 12.2 Å². The molecule has 3 fully saturated rings. The van der Waals surface area contributed by atoms with Crippen molar-refractivity contribution in [2.24, 2.45) is 0 Å². The van der Waals surface area contributed by atoms with Gasteiger partial charge in [-0.1, -0.05) is 201 Å². The minimum absolute atomic E-state index is 0.157. The van der Waals surface area contributed by atoms with E-state index in [0.29, 0.717) is 12.8 Å². The summed E-state index contributed by atoms with van der Waals surface area (Å²) in [6, 6.07) is -1.01. The number of hydrogen-bond donors (Lipinski definition) is 12. The second-order valence-corrected chi connectivity index (χ2v) is 22.5. The molecule has 17 atom stereocenters. The zero-order valence-electron chi connectivity index (χ0n) is 51.0. The van der Waals surface area contributed by atoms with Crippen molar-refractivity contribution in [3.05, 3.63) is 97.2 Å². The fourth-order valence-corrected chi connectivity index (χ4v) is 10.2. The average Bonchev–Trinajstić information content (AvgIpc) is 3.64. The maximum atomic E-state index is 13.3. The van der Waals surface area contributed by atoms with Crippen molar-refractivity contribution in [2.45, 2.75) is 285 Å². The first-order valence-corrected chi connectivity index (χ1v) is 32.0. The summed E-state index contributed by atoms with van der Waals surface area (Å²) in [6.45, 7) is 1.55. The van der Waals surface area contributed by atoms with Crippen molar-refractivity contribution in [2.75, 3.05) is 26.4 Å². The van der Waals surface area contributed by atoms with E-state index >= 15 is 0 Å². The minimum atomic E-state index is -1.99. The van der Waals surface area contributed by atoms with Gasteiger partial charge in [0.25, 0.3) is 0 Å². The number of nitrogens with one attached hydrogen (secondary N) is 1. The van der Waals surface area contributed by atoms with Gasteiger partial charge in [-0.3, -0.25) is 4.79 Å². The molecule has 0 radical (unpaired) electrons. The molecule has 0 spiro atoms. The number of allylic oxidation sites excluding steroid dienone is 15. The van der Waals surface area contributed by atoms with Crippen molar-refractivity contribution < 1.29 is 89.4 Å². The molecule has 0 aromatic carbocycles. The van der Waals surface area contributed by atoms with Crippen LogP contribution in [-0.2, 0) is 33.2 Å². The van der Waals surface area contributed by atoms with Gasteiger partial charge in [-0.15, -0.1) is 0 Å². The Morgan fingerprint density at radius 3 is 1.26 bits per heavy atom. The lowest BCUT2D eigenvalue weighted by Crippen LogP contribution is -2.66. The minimum Gasteiger partial charge on any atom is -0.394 e. The van der Waals surface area contributed by atoms with Crippen molar-refractivity contribution in [1.29, 1.82) is 0 Å². The lowest BCUT2D eigenvalue weighted by atomic mass is 9.96. The van der Waals surface area contributed by atoms with Gasteiger partial charge in [0, 0.05) is 6.42 Å². The molecule has 12 N–H and O–H groups in total. The van der Waals surface area contributed by atoms with Gasteiger partial charge in [0.2, 0.25) is 5.91 Å². The second-order valence-electron chi connectivity index (χ2n) is 22.5. The van der Waals surface area contributed by atoms with E-state index in [9.17, 15) is 61.0 Å². The third kappa shape index (κ3) is 30.7. The number of amides is 1. The molecule has 0 bridgehead atoms. The van der Waals surface area contributed by atoms with Crippen LogP contribution >= 0.6 is 0 Å². The van der Waals surface area contributed by atoms with Crippen LogP contribution in [0.25, 0.3) is 0 Å². The SMILES string of the molecule is CC/C=C\C/C=C\C/C=C\C/C=C\C/C=C\C/C=C\C/C=C\CCCC(=O)NC(COC1OC(CO)C(OC2OC(CO)C(OC3OC(CO)C(O)C(O)C3O)C(O)C2O)C(O)C1O)C(O)/C=C/CCCCCCCCCCCCCCCCC. The molecule has 3 rings (SSSR count). The second kappa shape index (κ2) is 47.7. The van der Waals surface area contributed by atoms with E-state index in [4.69, 9.17) is 28.4 Å². The molecule has 488 valence electrons. The summed E-state index contributed by atoms with van der Waals surface area (Å²) >= 11 is 0. The summed E-state index contributed by atoms with van der Waals surface area (Å²) in [4.78, 5) is 13.3. The number of rotatable bonds is 46. The summed E-state index contributed by atoms with van der Waals surface area (Å²) in [7, 11) is 0. The number of aliphatic hydroxyl groups is 11. The summed E-state index contributed by atoms with van der Waals surface area (Å²) < 4.78 is 34.2. The van der Waals surface area contributed by atoms with Crippen LogP contribution in [0.2, 0.25) is 0 Å². The molecular formula is C66H111NO18. The van der Waals surface area contributed by atoms with Crippen molar-refractivity contribution in [3.8, 4) is 0 Å². The number of ether oxygens (including phenoxy) is 6. The smallest absolute Gasteiger partial charge is 0.220 e. The van der Waals surface area contributed by atoms with Crippen LogP contribution in [-0.4, -0.2) is 193 Å². The summed E-state index contributed by atoms with van der Waals surface area (Å²) in [5.74, 6) is -0.337. The fourth-order valence-electron chi connectivity index (χ4n) is 10.2. The van der Waals surface area contributed by atoms with E-state index in [1.165, 1.54) is 77.0 Å². The Bertz CT molecular complexity index is 1920. The van der Waals surface area contributed by atoms with Gasteiger partial charge in [0.05, 0.1) is 38.6 Å². The fraction of sp³-hybridized carbons (Fsp3) is 0.742. The van der Waals surface area contributed by atoms with E-state index in [2.05, 4.69) is 98.2 Å². The molecule has 3 heterocycles. The monoisotopic (exact) mass is 1210 g/mol. The molecule has 19 heteroatoms. The van der Waals surface area contributed by atoms with Gasteiger partial charge < -0.3 is 89.9 Å². The summed E-state index contributed by atoms with van der Waals surface area (Å²) in [6.07, 6.45) is 33.8. The van der Waals surface area contributed by atoms with Crippen LogP contribution in [0.5, 0.6) is 0 Å². The van der Waals surface area contributed by atoms with Crippen molar-refractivity contribution in [1.82, 2.24) is 5.32 Å². The molecule has 0 aromatic heterocycles. The number of unbranched alkanes of at least 4 members (excludes halogenated alkanes) is 16. The lowest BCUT2D eigenvalue weighted by molar-refractivity contribution is -0.379. The Balaban J connectivity index is 1.51. The molecule has 1 amide bonds. The largest absolute Gasteiger partial charge is 0.394 e. The molecule has 3 aliphatic rings. The lowest BCUT2D eigenvalue weighted by Gasteiger charge is -2.48. The number of carbonyl (C=O) groups is 1. The predicted octanol–water partition coefficient (Wildman–Crippen LogP) is 6.93. The number of carbonyl (C=O) groups excluding carboxylic acids is 1. The van der Waals surface area contributed by atoms with Gasteiger partial charge in [0.15, 0.2) is 18.9 Å². The third-order valence-corrected chi connectivity index (χ3v) is 15.4. The zero-order valence-corrected chi connectivity index (χ0v) is 51.0. The van der Waals surface area contributed by atoms with Crippen LogP contribution < -0.4 is 5.32 Å². The van der Waals surface area contributed by atoms with Gasteiger partial charge >= 0.3 is 0 Å².